The molecule has 4 rings (SSSR count). The number of nitrogens with one attached hydrogen (secondary N) is 1. The Hall–Kier alpha value is -4.38. The second-order valence-electron chi connectivity index (χ2n) is 7.45. The van der Waals surface area contributed by atoms with Crippen molar-refractivity contribution in [3.63, 3.8) is 0 Å². The molecule has 0 bridgehead atoms. The van der Waals surface area contributed by atoms with Crippen LogP contribution < -0.4 is 10.1 Å². The van der Waals surface area contributed by atoms with Gasteiger partial charge in [0, 0.05) is 16.1 Å². The SMILES string of the molecule is Cc1onc(-c2ccc(Cn3cnc(OC(=O)O)n3)cc2)c1NC(=O)OC(C)c1ccccc1Cl. The Morgan fingerprint density at radius 2 is 1.94 bits per heavy atom. The normalized spacial score (nSPS) is 11.6. The number of halogens is 1. The molecule has 0 saturated carbocycles. The van der Waals surface area contributed by atoms with Crippen LogP contribution in [0.1, 0.15) is 29.9 Å². The van der Waals surface area contributed by atoms with E-state index in [4.69, 9.17) is 26.0 Å². The minimum absolute atomic E-state index is 0.251. The molecule has 0 aliphatic carbocycles. The van der Waals surface area contributed by atoms with Gasteiger partial charge in [-0.15, -0.1) is 5.10 Å². The fourth-order valence-corrected chi connectivity index (χ4v) is 3.60. The molecule has 0 aliphatic rings. The van der Waals surface area contributed by atoms with Crippen LogP contribution in [0.15, 0.2) is 59.4 Å². The third-order valence-corrected chi connectivity index (χ3v) is 5.33. The number of nitrogens with zero attached hydrogens (tertiary/aromatic N) is 4. The summed E-state index contributed by atoms with van der Waals surface area (Å²) < 4.78 is 16.6. The number of carbonyl (C=O) groups is 2. The molecule has 2 heterocycles. The zero-order chi connectivity index (χ0) is 24.9. The number of aromatic nitrogens is 4. The Morgan fingerprint density at radius 3 is 2.66 bits per heavy atom. The van der Waals surface area contributed by atoms with Crippen molar-refractivity contribution in [2.75, 3.05) is 5.32 Å². The standard InChI is InChI=1S/C23H20ClN5O6/c1-13(17-5-3-4-6-18(17)24)33-22(30)26-19-14(2)35-28-20(19)16-9-7-15(8-10-16)11-29-12-25-21(27-29)34-23(31)32/h3-10,12-13H,11H2,1-2H3,(H,26,30)(H,31,32). The number of ether oxygens (including phenoxy) is 2. The van der Waals surface area contributed by atoms with Gasteiger partial charge in [0.2, 0.25) is 0 Å². The fourth-order valence-electron chi connectivity index (χ4n) is 3.31. The first kappa shape index (κ1) is 23.8. The first-order chi connectivity index (χ1) is 16.8. The molecule has 0 aliphatic heterocycles. The first-order valence-electron chi connectivity index (χ1n) is 10.4. The van der Waals surface area contributed by atoms with E-state index < -0.39 is 18.4 Å². The molecule has 12 heteroatoms. The highest BCUT2D eigenvalue weighted by molar-refractivity contribution is 6.31. The second-order valence-corrected chi connectivity index (χ2v) is 7.85. The molecule has 0 fully saturated rings. The van der Waals surface area contributed by atoms with Crippen LogP contribution in [-0.2, 0) is 11.3 Å². The number of hydrogen-bond donors (Lipinski definition) is 2. The monoisotopic (exact) mass is 497 g/mol. The predicted molar refractivity (Wildman–Crippen MR) is 124 cm³/mol. The zero-order valence-electron chi connectivity index (χ0n) is 18.6. The molecule has 2 N–H and O–H groups in total. The lowest BCUT2D eigenvalue weighted by Crippen LogP contribution is -2.17. The van der Waals surface area contributed by atoms with Gasteiger partial charge >= 0.3 is 18.3 Å². The van der Waals surface area contributed by atoms with Gasteiger partial charge in [-0.2, -0.15) is 4.98 Å². The van der Waals surface area contributed by atoms with E-state index in [1.807, 2.05) is 18.2 Å². The maximum atomic E-state index is 12.6. The molecule has 2 aromatic heterocycles. The number of carboxylic acid groups (broad SMARTS) is 1. The van der Waals surface area contributed by atoms with Gasteiger partial charge in [0.1, 0.15) is 23.8 Å². The molecular formula is C23H20ClN5O6. The third-order valence-electron chi connectivity index (χ3n) is 4.98. The molecule has 1 amide bonds. The summed E-state index contributed by atoms with van der Waals surface area (Å²) in [5.41, 5.74) is 3.09. The van der Waals surface area contributed by atoms with Gasteiger partial charge in [-0.1, -0.05) is 59.2 Å². The van der Waals surface area contributed by atoms with E-state index in [1.54, 1.807) is 44.2 Å². The van der Waals surface area contributed by atoms with E-state index in [2.05, 4.69) is 25.3 Å². The van der Waals surface area contributed by atoms with Crippen LogP contribution in [0, 0.1) is 6.92 Å². The molecule has 0 radical (unpaired) electrons. The quantitative estimate of drug-likeness (QED) is 0.325. The summed E-state index contributed by atoms with van der Waals surface area (Å²) in [4.78, 5) is 26.9. The lowest BCUT2D eigenvalue weighted by atomic mass is 10.1. The van der Waals surface area contributed by atoms with Crippen LogP contribution in [0.3, 0.4) is 0 Å². The lowest BCUT2D eigenvalue weighted by Gasteiger charge is -2.15. The molecule has 2 aromatic carbocycles. The maximum Gasteiger partial charge on any atom is 0.513 e. The molecule has 180 valence electrons. The number of benzene rings is 2. The average molecular weight is 498 g/mol. The summed E-state index contributed by atoms with van der Waals surface area (Å²) in [5, 5.41) is 19.8. The molecule has 0 spiro atoms. The summed E-state index contributed by atoms with van der Waals surface area (Å²) in [6, 6.07) is 14.2. The Labute approximate surface area is 204 Å². The third kappa shape index (κ3) is 5.76. The molecule has 35 heavy (non-hydrogen) atoms. The smallest absolute Gasteiger partial charge is 0.449 e. The van der Waals surface area contributed by atoms with Gasteiger partial charge in [0.15, 0.2) is 5.76 Å². The summed E-state index contributed by atoms with van der Waals surface area (Å²) in [5.74, 6) is 0.417. The summed E-state index contributed by atoms with van der Waals surface area (Å²) >= 11 is 6.19. The van der Waals surface area contributed by atoms with Crippen LogP contribution in [0.5, 0.6) is 6.01 Å². The predicted octanol–water partition coefficient (Wildman–Crippen LogP) is 5.31. The highest BCUT2D eigenvalue weighted by Gasteiger charge is 2.20. The minimum atomic E-state index is -1.48. The molecule has 4 aromatic rings. The van der Waals surface area contributed by atoms with Crippen LogP contribution in [0.2, 0.25) is 5.02 Å². The van der Waals surface area contributed by atoms with Crippen LogP contribution in [0.25, 0.3) is 11.3 Å². The molecule has 0 saturated heterocycles. The van der Waals surface area contributed by atoms with Crippen molar-refractivity contribution in [1.29, 1.82) is 0 Å². The molecule has 1 unspecified atom stereocenters. The highest BCUT2D eigenvalue weighted by Crippen LogP contribution is 2.31. The topological polar surface area (TPSA) is 142 Å². The van der Waals surface area contributed by atoms with Crippen LogP contribution in [-0.4, -0.2) is 37.3 Å². The molecular weight excluding hydrogens is 478 g/mol. The van der Waals surface area contributed by atoms with Crippen molar-refractivity contribution >= 4 is 29.5 Å². The van der Waals surface area contributed by atoms with Crippen LogP contribution in [0.4, 0.5) is 15.3 Å². The molecule has 11 nitrogen and oxygen atoms in total. The van der Waals surface area contributed by atoms with E-state index >= 15 is 0 Å². The Morgan fingerprint density at radius 1 is 1.20 bits per heavy atom. The van der Waals surface area contributed by atoms with E-state index in [1.165, 1.54) is 11.0 Å². The van der Waals surface area contributed by atoms with Gasteiger partial charge in [-0.3, -0.25) is 5.32 Å². The zero-order valence-corrected chi connectivity index (χ0v) is 19.4. The number of hydrogen-bond acceptors (Lipinski definition) is 8. The number of carbonyl (C=O) groups excluding carboxylic acids is 1. The van der Waals surface area contributed by atoms with E-state index in [0.717, 1.165) is 5.56 Å². The van der Waals surface area contributed by atoms with Gasteiger partial charge in [-0.05, 0) is 25.5 Å². The summed E-state index contributed by atoms with van der Waals surface area (Å²) in [7, 11) is 0. The largest absolute Gasteiger partial charge is 0.513 e. The Balaban J connectivity index is 1.44. The van der Waals surface area contributed by atoms with Gasteiger partial charge in [-0.25, -0.2) is 14.3 Å². The Kier molecular flexibility index (Phi) is 6.97. The van der Waals surface area contributed by atoms with E-state index in [0.29, 0.717) is 39.8 Å². The fraction of sp³-hybridized carbons (Fsp3) is 0.174. The van der Waals surface area contributed by atoms with Crippen molar-refractivity contribution in [1.82, 2.24) is 19.9 Å². The summed E-state index contributed by atoms with van der Waals surface area (Å²) in [6.07, 6.45) is -1.36. The minimum Gasteiger partial charge on any atom is -0.449 e. The van der Waals surface area contributed by atoms with E-state index in [9.17, 15) is 9.59 Å². The van der Waals surface area contributed by atoms with Gasteiger partial charge < -0.3 is 19.1 Å². The molecule has 1 atom stereocenters. The number of aryl methyl sites for hydroxylation is 1. The number of anilines is 1. The van der Waals surface area contributed by atoms with Gasteiger partial charge in [0.25, 0.3) is 0 Å². The number of amides is 1. The van der Waals surface area contributed by atoms with Crippen molar-refractivity contribution in [3.8, 4) is 17.3 Å². The van der Waals surface area contributed by atoms with Crippen molar-refractivity contribution in [2.24, 2.45) is 0 Å². The van der Waals surface area contributed by atoms with Crippen LogP contribution >= 0.6 is 11.6 Å². The Bertz CT molecular complexity index is 1350. The maximum absolute atomic E-state index is 12.6. The lowest BCUT2D eigenvalue weighted by molar-refractivity contribution is 0.121. The summed E-state index contributed by atoms with van der Waals surface area (Å²) in [6.45, 7) is 3.75. The number of rotatable bonds is 7. The van der Waals surface area contributed by atoms with Crippen molar-refractivity contribution < 1.29 is 28.7 Å². The second kappa shape index (κ2) is 10.3. The van der Waals surface area contributed by atoms with E-state index in [-0.39, 0.29) is 6.01 Å². The average Bonchev–Trinajstić information content (AvgIpc) is 3.40. The van der Waals surface area contributed by atoms with Gasteiger partial charge in [0.05, 0.1) is 6.54 Å². The van der Waals surface area contributed by atoms with Crippen molar-refractivity contribution in [2.45, 2.75) is 26.5 Å². The first-order valence-corrected chi connectivity index (χ1v) is 10.8. The highest BCUT2D eigenvalue weighted by atomic mass is 35.5. The van der Waals surface area contributed by atoms with Crippen molar-refractivity contribution in [3.05, 3.63) is 76.8 Å².